The standard InChI is InChI=1S/C14H19Br2NO2/c1-8-5-11(16)9(6-10(8)15)12(17)7-14(2,3)13(18)19-4/h5-6,12H,7,17H2,1-4H3. The van der Waals surface area contributed by atoms with Gasteiger partial charge < -0.3 is 10.5 Å². The molecule has 106 valence electrons. The molecule has 0 radical (unpaired) electrons. The first-order valence-corrected chi connectivity index (χ1v) is 7.57. The van der Waals surface area contributed by atoms with E-state index in [2.05, 4.69) is 31.9 Å². The van der Waals surface area contributed by atoms with Crippen LogP contribution in [0.4, 0.5) is 0 Å². The highest BCUT2D eigenvalue weighted by molar-refractivity contribution is 9.11. The Morgan fingerprint density at radius 2 is 1.95 bits per heavy atom. The number of ether oxygens (including phenoxy) is 1. The highest BCUT2D eigenvalue weighted by Crippen LogP contribution is 2.35. The number of hydrogen-bond acceptors (Lipinski definition) is 3. The molecule has 0 aromatic heterocycles. The number of aryl methyl sites for hydroxylation is 1. The first kappa shape index (κ1) is 16.7. The minimum absolute atomic E-state index is 0.236. The number of esters is 1. The van der Waals surface area contributed by atoms with E-state index in [0.29, 0.717) is 6.42 Å². The Kier molecular flexibility index (Phi) is 5.59. The fraction of sp³-hybridized carbons (Fsp3) is 0.500. The molecule has 0 amide bonds. The summed E-state index contributed by atoms with van der Waals surface area (Å²) in [5, 5.41) is 0. The number of rotatable bonds is 4. The van der Waals surface area contributed by atoms with E-state index in [0.717, 1.165) is 20.1 Å². The number of nitrogens with two attached hydrogens (primary N) is 1. The molecule has 0 aliphatic rings. The Morgan fingerprint density at radius 1 is 1.37 bits per heavy atom. The van der Waals surface area contributed by atoms with Crippen LogP contribution in [0.3, 0.4) is 0 Å². The summed E-state index contributed by atoms with van der Waals surface area (Å²) in [4.78, 5) is 11.7. The molecule has 0 saturated heterocycles. The highest BCUT2D eigenvalue weighted by atomic mass is 79.9. The van der Waals surface area contributed by atoms with Crippen LogP contribution in [0.2, 0.25) is 0 Å². The van der Waals surface area contributed by atoms with Crippen molar-refractivity contribution in [1.82, 2.24) is 0 Å². The van der Waals surface area contributed by atoms with Gasteiger partial charge in [0.1, 0.15) is 0 Å². The van der Waals surface area contributed by atoms with Gasteiger partial charge >= 0.3 is 5.97 Å². The van der Waals surface area contributed by atoms with Gasteiger partial charge in [0.2, 0.25) is 0 Å². The molecular weight excluding hydrogens is 374 g/mol. The second-order valence-corrected chi connectivity index (χ2v) is 7.02. The van der Waals surface area contributed by atoms with E-state index in [1.807, 2.05) is 32.9 Å². The predicted octanol–water partition coefficient (Wildman–Crippen LogP) is 4.11. The summed E-state index contributed by atoms with van der Waals surface area (Å²) in [6, 6.07) is 3.78. The Bertz CT molecular complexity index is 487. The Hall–Kier alpha value is -0.390. The van der Waals surface area contributed by atoms with Crippen LogP contribution < -0.4 is 5.73 Å². The molecule has 1 atom stereocenters. The Balaban J connectivity index is 2.99. The van der Waals surface area contributed by atoms with Gasteiger partial charge in [0, 0.05) is 15.0 Å². The lowest BCUT2D eigenvalue weighted by atomic mass is 9.84. The van der Waals surface area contributed by atoms with Gasteiger partial charge in [0.05, 0.1) is 12.5 Å². The number of hydrogen-bond donors (Lipinski definition) is 1. The molecule has 1 rings (SSSR count). The SMILES string of the molecule is COC(=O)C(C)(C)CC(N)c1cc(Br)c(C)cc1Br. The number of halogens is 2. The summed E-state index contributed by atoms with van der Waals surface area (Å²) in [5.41, 5.74) is 7.74. The normalized spacial score (nSPS) is 13.2. The van der Waals surface area contributed by atoms with Gasteiger partial charge in [0.25, 0.3) is 0 Å². The first-order chi connectivity index (χ1) is 8.69. The van der Waals surface area contributed by atoms with E-state index in [9.17, 15) is 4.79 Å². The summed E-state index contributed by atoms with van der Waals surface area (Å²) < 4.78 is 6.78. The summed E-state index contributed by atoms with van der Waals surface area (Å²) >= 11 is 7.03. The maximum Gasteiger partial charge on any atom is 0.311 e. The van der Waals surface area contributed by atoms with Crippen LogP contribution in [-0.4, -0.2) is 13.1 Å². The molecular formula is C14H19Br2NO2. The maximum absolute atomic E-state index is 11.7. The fourth-order valence-corrected chi connectivity index (χ4v) is 3.08. The van der Waals surface area contributed by atoms with Gasteiger partial charge in [-0.05, 0) is 50.5 Å². The average Bonchev–Trinajstić information content (AvgIpc) is 2.31. The average molecular weight is 393 g/mol. The van der Waals surface area contributed by atoms with Crippen LogP contribution in [-0.2, 0) is 9.53 Å². The molecule has 3 nitrogen and oxygen atoms in total. The summed E-state index contributed by atoms with van der Waals surface area (Å²) in [5.74, 6) is -0.245. The quantitative estimate of drug-likeness (QED) is 0.784. The van der Waals surface area contributed by atoms with E-state index in [-0.39, 0.29) is 12.0 Å². The largest absolute Gasteiger partial charge is 0.469 e. The zero-order valence-electron chi connectivity index (χ0n) is 11.6. The smallest absolute Gasteiger partial charge is 0.311 e. The van der Waals surface area contributed by atoms with Gasteiger partial charge in [-0.2, -0.15) is 0 Å². The lowest BCUT2D eigenvalue weighted by molar-refractivity contribution is -0.151. The summed E-state index contributed by atoms with van der Waals surface area (Å²) in [6.45, 7) is 5.70. The Morgan fingerprint density at radius 3 is 2.47 bits per heavy atom. The van der Waals surface area contributed by atoms with Gasteiger partial charge in [-0.25, -0.2) is 0 Å². The van der Waals surface area contributed by atoms with E-state index in [4.69, 9.17) is 10.5 Å². The molecule has 1 unspecified atom stereocenters. The minimum atomic E-state index is -0.606. The third kappa shape index (κ3) is 4.04. The molecule has 0 spiro atoms. The van der Waals surface area contributed by atoms with Crippen molar-refractivity contribution >= 4 is 37.8 Å². The van der Waals surface area contributed by atoms with Gasteiger partial charge in [0.15, 0.2) is 0 Å². The molecule has 2 N–H and O–H groups in total. The molecule has 0 aliphatic carbocycles. The monoisotopic (exact) mass is 391 g/mol. The molecule has 0 bridgehead atoms. The molecule has 1 aromatic rings. The minimum Gasteiger partial charge on any atom is -0.469 e. The van der Waals surface area contributed by atoms with Crippen molar-refractivity contribution in [3.05, 3.63) is 32.2 Å². The van der Waals surface area contributed by atoms with Crippen LogP contribution in [0.25, 0.3) is 0 Å². The molecule has 5 heteroatoms. The van der Waals surface area contributed by atoms with E-state index < -0.39 is 5.41 Å². The van der Waals surface area contributed by atoms with Gasteiger partial charge in [-0.3, -0.25) is 4.79 Å². The molecule has 1 aromatic carbocycles. The zero-order valence-corrected chi connectivity index (χ0v) is 14.8. The van der Waals surface area contributed by atoms with E-state index in [1.54, 1.807) is 0 Å². The fourth-order valence-electron chi connectivity index (χ4n) is 1.97. The number of benzene rings is 1. The van der Waals surface area contributed by atoms with Gasteiger partial charge in [-0.1, -0.05) is 31.9 Å². The van der Waals surface area contributed by atoms with Crippen molar-refractivity contribution in [2.24, 2.45) is 11.1 Å². The van der Waals surface area contributed by atoms with Crippen molar-refractivity contribution in [2.75, 3.05) is 7.11 Å². The first-order valence-electron chi connectivity index (χ1n) is 5.98. The van der Waals surface area contributed by atoms with Crippen LogP contribution in [0.1, 0.15) is 37.4 Å². The lowest BCUT2D eigenvalue weighted by Crippen LogP contribution is -2.30. The van der Waals surface area contributed by atoms with Crippen LogP contribution in [0.5, 0.6) is 0 Å². The van der Waals surface area contributed by atoms with Crippen molar-refractivity contribution < 1.29 is 9.53 Å². The maximum atomic E-state index is 11.7. The third-order valence-corrected chi connectivity index (χ3v) is 4.69. The molecule has 19 heavy (non-hydrogen) atoms. The van der Waals surface area contributed by atoms with Crippen LogP contribution >= 0.6 is 31.9 Å². The third-order valence-electron chi connectivity index (χ3n) is 3.15. The molecule has 0 aliphatic heterocycles. The van der Waals surface area contributed by atoms with Crippen molar-refractivity contribution in [3.63, 3.8) is 0 Å². The summed E-state index contributed by atoms with van der Waals surface area (Å²) in [6.07, 6.45) is 0.522. The topological polar surface area (TPSA) is 52.3 Å². The summed E-state index contributed by atoms with van der Waals surface area (Å²) in [7, 11) is 1.40. The van der Waals surface area contributed by atoms with Crippen molar-refractivity contribution in [3.8, 4) is 0 Å². The number of methoxy groups -OCH3 is 1. The molecule has 0 heterocycles. The number of carbonyl (C=O) groups excluding carboxylic acids is 1. The van der Waals surface area contributed by atoms with Crippen LogP contribution in [0.15, 0.2) is 21.1 Å². The Labute approximate surface area is 131 Å². The lowest BCUT2D eigenvalue weighted by Gasteiger charge is -2.26. The van der Waals surface area contributed by atoms with Crippen LogP contribution in [0, 0.1) is 12.3 Å². The molecule has 0 fully saturated rings. The number of carbonyl (C=O) groups is 1. The second kappa shape index (κ2) is 6.37. The second-order valence-electron chi connectivity index (χ2n) is 5.31. The highest BCUT2D eigenvalue weighted by Gasteiger charge is 2.31. The van der Waals surface area contributed by atoms with Gasteiger partial charge in [-0.15, -0.1) is 0 Å². The van der Waals surface area contributed by atoms with E-state index in [1.165, 1.54) is 7.11 Å². The van der Waals surface area contributed by atoms with Crippen molar-refractivity contribution in [2.45, 2.75) is 33.2 Å². The van der Waals surface area contributed by atoms with Crippen molar-refractivity contribution in [1.29, 1.82) is 0 Å². The predicted molar refractivity (Wildman–Crippen MR) is 83.9 cm³/mol. The van der Waals surface area contributed by atoms with E-state index >= 15 is 0 Å². The molecule has 0 saturated carbocycles. The zero-order chi connectivity index (χ0) is 14.8.